The number of hydrogen-bond acceptors (Lipinski definition) is 5. The first-order valence-corrected chi connectivity index (χ1v) is 15.6. The molecule has 5 nitrogen and oxygen atoms in total. The van der Waals surface area contributed by atoms with Gasteiger partial charge in [0.25, 0.3) is 0 Å². The van der Waals surface area contributed by atoms with Crippen LogP contribution in [0.15, 0.2) is 186 Å². The highest BCUT2D eigenvalue weighted by molar-refractivity contribution is 5.90. The van der Waals surface area contributed by atoms with E-state index in [-0.39, 0.29) is 0 Å². The Bertz CT molecular complexity index is 2190. The van der Waals surface area contributed by atoms with Crippen LogP contribution in [0.3, 0.4) is 0 Å². The van der Waals surface area contributed by atoms with E-state index in [1.807, 2.05) is 54.6 Å². The summed E-state index contributed by atoms with van der Waals surface area (Å²) in [6, 6.07) is 62.8. The molecular formula is C42H30N4O. The third-order valence-electron chi connectivity index (χ3n) is 8.20. The van der Waals surface area contributed by atoms with Gasteiger partial charge in [0.05, 0.1) is 0 Å². The van der Waals surface area contributed by atoms with Gasteiger partial charge in [-0.15, -0.1) is 10.2 Å². The largest absolute Gasteiger partial charge is 0.416 e. The van der Waals surface area contributed by atoms with Crippen molar-refractivity contribution in [3.05, 3.63) is 182 Å². The van der Waals surface area contributed by atoms with Crippen LogP contribution in [0.1, 0.15) is 0 Å². The van der Waals surface area contributed by atoms with Crippen LogP contribution in [0.25, 0.3) is 33.7 Å². The first-order chi connectivity index (χ1) is 23.3. The predicted molar refractivity (Wildman–Crippen MR) is 192 cm³/mol. The van der Waals surface area contributed by atoms with Crippen molar-refractivity contribution in [2.45, 2.75) is 0 Å². The van der Waals surface area contributed by atoms with E-state index in [0.29, 0.717) is 11.8 Å². The van der Waals surface area contributed by atoms with Gasteiger partial charge in [0.1, 0.15) is 0 Å². The van der Waals surface area contributed by atoms with Crippen molar-refractivity contribution in [1.82, 2.24) is 10.2 Å². The monoisotopic (exact) mass is 606 g/mol. The first kappa shape index (κ1) is 28.0. The molecule has 0 fully saturated rings. The lowest BCUT2D eigenvalue weighted by molar-refractivity contribution is 0.584. The average molecular weight is 607 g/mol. The third kappa shape index (κ3) is 5.74. The molecule has 5 heteroatoms. The van der Waals surface area contributed by atoms with E-state index >= 15 is 0 Å². The summed E-state index contributed by atoms with van der Waals surface area (Å²) < 4.78 is 6.04. The summed E-state index contributed by atoms with van der Waals surface area (Å²) in [4.78, 5) is 4.55. The van der Waals surface area contributed by atoms with E-state index in [1.165, 1.54) is 10.8 Å². The Labute approximate surface area is 273 Å². The fraction of sp³-hybridized carbons (Fsp3) is 0. The molecule has 0 spiro atoms. The number of anilines is 6. The third-order valence-corrected chi connectivity index (χ3v) is 8.20. The van der Waals surface area contributed by atoms with Crippen LogP contribution in [0.2, 0.25) is 0 Å². The Morgan fingerprint density at radius 2 is 0.702 bits per heavy atom. The number of benzene rings is 7. The Hall–Kier alpha value is -6.46. The number of hydrogen-bond donors (Lipinski definition) is 0. The zero-order valence-electron chi connectivity index (χ0n) is 25.5. The van der Waals surface area contributed by atoms with Crippen molar-refractivity contribution in [2.75, 3.05) is 9.80 Å². The molecule has 0 aliphatic rings. The van der Waals surface area contributed by atoms with Gasteiger partial charge in [-0.3, -0.25) is 0 Å². The molecule has 0 bridgehead atoms. The van der Waals surface area contributed by atoms with Gasteiger partial charge in [-0.1, -0.05) is 84.9 Å². The molecule has 0 saturated heterocycles. The van der Waals surface area contributed by atoms with Crippen LogP contribution in [0.5, 0.6) is 0 Å². The predicted octanol–water partition coefficient (Wildman–Crippen LogP) is 11.5. The first-order valence-electron chi connectivity index (χ1n) is 15.6. The molecule has 8 aromatic rings. The quantitative estimate of drug-likeness (QED) is 0.172. The summed E-state index contributed by atoms with van der Waals surface area (Å²) in [6.07, 6.45) is 0. The number of para-hydroxylation sites is 2. The van der Waals surface area contributed by atoms with Crippen molar-refractivity contribution < 1.29 is 4.42 Å². The zero-order valence-corrected chi connectivity index (χ0v) is 25.5. The van der Waals surface area contributed by atoms with Gasteiger partial charge in [0.15, 0.2) is 0 Å². The van der Waals surface area contributed by atoms with E-state index in [9.17, 15) is 0 Å². The highest BCUT2D eigenvalue weighted by Gasteiger charge is 2.17. The molecule has 0 aliphatic carbocycles. The minimum absolute atomic E-state index is 0.485. The van der Waals surface area contributed by atoms with Crippen LogP contribution >= 0.6 is 0 Å². The maximum Gasteiger partial charge on any atom is 0.248 e. The smallest absolute Gasteiger partial charge is 0.248 e. The van der Waals surface area contributed by atoms with Crippen molar-refractivity contribution in [3.8, 4) is 22.9 Å². The van der Waals surface area contributed by atoms with Gasteiger partial charge in [0.2, 0.25) is 11.8 Å². The Morgan fingerprint density at radius 3 is 1.26 bits per heavy atom. The number of aromatic nitrogens is 2. The zero-order chi connectivity index (χ0) is 31.4. The molecule has 1 aromatic heterocycles. The number of nitrogens with zero attached hydrogens (tertiary/aromatic N) is 4. The molecule has 0 saturated carbocycles. The highest BCUT2D eigenvalue weighted by Crippen LogP contribution is 2.40. The summed E-state index contributed by atoms with van der Waals surface area (Å²) in [5.74, 6) is 0.988. The minimum Gasteiger partial charge on any atom is -0.416 e. The second-order valence-corrected chi connectivity index (χ2v) is 11.2. The molecular weight excluding hydrogens is 576 g/mol. The van der Waals surface area contributed by atoms with E-state index in [4.69, 9.17) is 4.42 Å². The normalized spacial score (nSPS) is 11.0. The summed E-state index contributed by atoms with van der Waals surface area (Å²) in [5, 5.41) is 11.0. The molecule has 224 valence electrons. The van der Waals surface area contributed by atoms with E-state index in [0.717, 1.165) is 45.3 Å². The van der Waals surface area contributed by atoms with Crippen molar-refractivity contribution >= 4 is 44.9 Å². The molecule has 7 aromatic carbocycles. The van der Waals surface area contributed by atoms with Crippen molar-refractivity contribution in [1.29, 1.82) is 0 Å². The highest BCUT2D eigenvalue weighted by atomic mass is 16.4. The summed E-state index contributed by atoms with van der Waals surface area (Å²) in [7, 11) is 0. The fourth-order valence-corrected chi connectivity index (χ4v) is 5.91. The minimum atomic E-state index is 0.485. The van der Waals surface area contributed by atoms with Crippen LogP contribution in [0, 0.1) is 0 Å². The van der Waals surface area contributed by atoms with Crippen LogP contribution in [-0.4, -0.2) is 10.2 Å². The van der Waals surface area contributed by atoms with E-state index in [1.54, 1.807) is 0 Å². The van der Waals surface area contributed by atoms with Crippen LogP contribution in [-0.2, 0) is 0 Å². The van der Waals surface area contributed by atoms with Gasteiger partial charge in [-0.05, 0) is 108 Å². The molecule has 0 aliphatic heterocycles. The molecule has 0 radical (unpaired) electrons. The molecule has 0 unspecified atom stereocenters. The molecule has 1 heterocycles. The van der Waals surface area contributed by atoms with Gasteiger partial charge in [-0.2, -0.15) is 0 Å². The SMILES string of the molecule is c1ccc(-c2nnc(-c3ccc(N(c4ccc(N(c5ccccc5)c5ccccc5)cc4)c4ccc5ccccc5c4)cc3)o2)cc1. The van der Waals surface area contributed by atoms with Crippen molar-refractivity contribution in [3.63, 3.8) is 0 Å². The lowest BCUT2D eigenvalue weighted by atomic mass is 10.1. The lowest BCUT2D eigenvalue weighted by Crippen LogP contribution is -2.12. The number of rotatable bonds is 8. The molecule has 47 heavy (non-hydrogen) atoms. The number of fused-ring (bicyclic) bond motifs is 1. The molecule has 0 amide bonds. The standard InChI is InChI=1S/C42H30N4O/c1-4-13-32(14-5-1)41-43-44-42(47-41)33-21-23-37(24-22-33)46(40-25-20-31-12-10-11-15-34(31)30-40)39-28-26-38(27-29-39)45(35-16-6-2-7-17-35)36-18-8-3-9-19-36/h1-30H. The van der Waals surface area contributed by atoms with Gasteiger partial charge in [0, 0.05) is 45.3 Å². The van der Waals surface area contributed by atoms with Crippen molar-refractivity contribution in [2.24, 2.45) is 0 Å². The second kappa shape index (κ2) is 12.5. The molecule has 8 rings (SSSR count). The van der Waals surface area contributed by atoms with Gasteiger partial charge in [-0.25, -0.2) is 0 Å². The van der Waals surface area contributed by atoms with Gasteiger partial charge >= 0.3 is 0 Å². The van der Waals surface area contributed by atoms with Gasteiger partial charge < -0.3 is 14.2 Å². The average Bonchev–Trinajstić information content (AvgIpc) is 3.65. The summed E-state index contributed by atoms with van der Waals surface area (Å²) in [6.45, 7) is 0. The molecule has 0 N–H and O–H groups in total. The lowest BCUT2D eigenvalue weighted by Gasteiger charge is -2.28. The molecule has 0 atom stereocenters. The Kier molecular flexibility index (Phi) is 7.46. The Balaban J connectivity index is 1.18. The maximum atomic E-state index is 6.04. The van der Waals surface area contributed by atoms with Crippen LogP contribution < -0.4 is 9.80 Å². The Morgan fingerprint density at radius 1 is 0.319 bits per heavy atom. The summed E-state index contributed by atoms with van der Waals surface area (Å²) >= 11 is 0. The van der Waals surface area contributed by atoms with E-state index < -0.39 is 0 Å². The van der Waals surface area contributed by atoms with E-state index in [2.05, 4.69) is 147 Å². The maximum absolute atomic E-state index is 6.04. The van der Waals surface area contributed by atoms with Crippen LogP contribution in [0.4, 0.5) is 34.1 Å². The second-order valence-electron chi connectivity index (χ2n) is 11.2. The summed E-state index contributed by atoms with van der Waals surface area (Å²) in [5.41, 5.74) is 8.16. The fourth-order valence-electron chi connectivity index (χ4n) is 5.91. The topological polar surface area (TPSA) is 45.4 Å².